The quantitative estimate of drug-likeness (QED) is 0.943. The second kappa shape index (κ2) is 5.93. The first-order valence-corrected chi connectivity index (χ1v) is 8.71. The molecule has 2 aromatic heterocycles. The van der Waals surface area contributed by atoms with E-state index < -0.39 is 0 Å². The van der Waals surface area contributed by atoms with Gasteiger partial charge in [0.2, 0.25) is 0 Å². The molecule has 5 heteroatoms. The van der Waals surface area contributed by atoms with Crippen molar-refractivity contribution in [3.05, 3.63) is 38.0 Å². The van der Waals surface area contributed by atoms with Gasteiger partial charge in [-0.05, 0) is 36.2 Å². The lowest BCUT2D eigenvalue weighted by molar-refractivity contribution is 0.214. The molecule has 0 bridgehead atoms. The first-order valence-electron chi connectivity index (χ1n) is 6.95. The number of likely N-dealkylation sites (tertiary alicyclic amines) is 1. The summed E-state index contributed by atoms with van der Waals surface area (Å²) in [5.41, 5.74) is 2.54. The fourth-order valence-electron chi connectivity index (χ4n) is 3.06. The Morgan fingerprint density at radius 1 is 1.40 bits per heavy atom. The molecule has 1 fully saturated rings. The van der Waals surface area contributed by atoms with Gasteiger partial charge in [-0.3, -0.25) is 4.90 Å². The molecule has 0 aromatic carbocycles. The Balaban J connectivity index is 1.72. The van der Waals surface area contributed by atoms with Crippen molar-refractivity contribution in [1.82, 2.24) is 9.88 Å². The van der Waals surface area contributed by atoms with Crippen molar-refractivity contribution in [3.8, 4) is 0 Å². The molecular weight excluding hydrogens is 288 g/mol. The number of aliphatic hydroxyl groups excluding tert-OH is 1. The van der Waals surface area contributed by atoms with E-state index in [9.17, 15) is 5.11 Å². The highest BCUT2D eigenvalue weighted by Gasteiger charge is 2.33. The van der Waals surface area contributed by atoms with Crippen molar-refractivity contribution < 1.29 is 5.11 Å². The zero-order valence-corrected chi connectivity index (χ0v) is 13.5. The minimum Gasteiger partial charge on any atom is -0.396 e. The maximum Gasteiger partial charge on any atom is 0.0900 e. The maximum absolute atomic E-state index is 9.64. The number of hydrogen-bond donors (Lipinski definition) is 1. The fourth-order valence-corrected chi connectivity index (χ4v) is 4.77. The van der Waals surface area contributed by atoms with E-state index in [0.29, 0.717) is 11.8 Å². The fraction of sp³-hybridized carbons (Fsp3) is 0.533. The van der Waals surface area contributed by atoms with Gasteiger partial charge in [-0.25, -0.2) is 4.98 Å². The molecule has 0 unspecified atom stereocenters. The van der Waals surface area contributed by atoms with Crippen LogP contribution < -0.4 is 0 Å². The topological polar surface area (TPSA) is 36.4 Å². The molecule has 108 valence electrons. The van der Waals surface area contributed by atoms with Gasteiger partial charge in [0.05, 0.1) is 10.7 Å². The van der Waals surface area contributed by atoms with E-state index in [1.807, 2.05) is 0 Å². The zero-order valence-electron chi connectivity index (χ0n) is 11.9. The Bertz CT molecular complexity index is 564. The van der Waals surface area contributed by atoms with Crippen LogP contribution in [0.3, 0.4) is 0 Å². The molecule has 0 amide bonds. The Labute approximate surface area is 127 Å². The van der Waals surface area contributed by atoms with Crippen LogP contribution in [0, 0.1) is 19.8 Å². The summed E-state index contributed by atoms with van der Waals surface area (Å²) in [5, 5.41) is 15.1. The van der Waals surface area contributed by atoms with Crippen LogP contribution in [-0.4, -0.2) is 34.7 Å². The van der Waals surface area contributed by atoms with Gasteiger partial charge < -0.3 is 5.11 Å². The van der Waals surface area contributed by atoms with Crippen molar-refractivity contribution in [2.45, 2.75) is 26.3 Å². The van der Waals surface area contributed by atoms with Crippen molar-refractivity contribution in [1.29, 1.82) is 0 Å². The zero-order chi connectivity index (χ0) is 14.1. The van der Waals surface area contributed by atoms with Crippen LogP contribution in [0.25, 0.3) is 0 Å². The number of hydrogen-bond acceptors (Lipinski definition) is 5. The lowest BCUT2D eigenvalue weighted by Crippen LogP contribution is -2.20. The van der Waals surface area contributed by atoms with E-state index in [1.165, 1.54) is 10.4 Å². The molecule has 1 aliphatic rings. The molecule has 2 aromatic rings. The Morgan fingerprint density at radius 3 is 2.85 bits per heavy atom. The number of rotatable bonds is 4. The highest BCUT2D eigenvalue weighted by molar-refractivity contribution is 7.11. The van der Waals surface area contributed by atoms with Gasteiger partial charge in [0.15, 0.2) is 0 Å². The summed E-state index contributed by atoms with van der Waals surface area (Å²) in [6.07, 6.45) is 0. The van der Waals surface area contributed by atoms with Gasteiger partial charge in [0, 0.05) is 43.0 Å². The second-order valence-corrected chi connectivity index (χ2v) is 7.61. The molecule has 1 saturated heterocycles. The SMILES string of the molecule is Cc1nc(C)c(CN2C[C@@H](CO)[C@H](c3ccsc3)C2)s1. The minimum atomic E-state index is 0.276. The van der Waals surface area contributed by atoms with E-state index in [-0.39, 0.29) is 6.61 Å². The average Bonchev–Trinajstić information content (AvgIpc) is 3.11. The summed E-state index contributed by atoms with van der Waals surface area (Å²) in [6, 6.07) is 2.20. The lowest BCUT2D eigenvalue weighted by Gasteiger charge is -2.14. The third-order valence-corrected chi connectivity index (χ3v) is 5.85. The van der Waals surface area contributed by atoms with E-state index >= 15 is 0 Å². The predicted octanol–water partition coefficient (Wildman–Crippen LogP) is 3.03. The highest BCUT2D eigenvalue weighted by Crippen LogP contribution is 2.35. The van der Waals surface area contributed by atoms with Crippen LogP contribution in [0.2, 0.25) is 0 Å². The third kappa shape index (κ3) is 2.81. The number of aryl methyl sites for hydroxylation is 2. The number of nitrogens with zero attached hydrogens (tertiary/aromatic N) is 2. The summed E-state index contributed by atoms with van der Waals surface area (Å²) in [4.78, 5) is 8.33. The number of thiazole rings is 1. The standard InChI is InChI=1S/C15H20N2OS2/c1-10-15(20-11(2)16-10)7-17-5-13(8-18)14(6-17)12-3-4-19-9-12/h3-4,9,13-14,18H,5-8H2,1-2H3/t13-,14-/m0/s1. The average molecular weight is 308 g/mol. The van der Waals surface area contributed by atoms with Gasteiger partial charge >= 0.3 is 0 Å². The van der Waals surface area contributed by atoms with Gasteiger partial charge in [0.1, 0.15) is 0 Å². The number of aromatic nitrogens is 1. The molecule has 0 spiro atoms. The number of thiophene rings is 1. The van der Waals surface area contributed by atoms with Crippen molar-refractivity contribution in [3.63, 3.8) is 0 Å². The third-order valence-electron chi connectivity index (χ3n) is 4.09. The summed E-state index contributed by atoms with van der Waals surface area (Å²) in [7, 11) is 0. The number of aliphatic hydroxyl groups is 1. The van der Waals surface area contributed by atoms with Crippen molar-refractivity contribution >= 4 is 22.7 Å². The monoisotopic (exact) mass is 308 g/mol. The largest absolute Gasteiger partial charge is 0.396 e. The Kier molecular flexibility index (Phi) is 4.21. The summed E-state index contributed by atoms with van der Waals surface area (Å²) in [5.74, 6) is 0.833. The van der Waals surface area contributed by atoms with E-state index in [4.69, 9.17) is 0 Å². The summed E-state index contributed by atoms with van der Waals surface area (Å²) < 4.78 is 0. The minimum absolute atomic E-state index is 0.276. The van der Waals surface area contributed by atoms with Crippen LogP contribution >= 0.6 is 22.7 Å². The van der Waals surface area contributed by atoms with Crippen molar-refractivity contribution in [2.24, 2.45) is 5.92 Å². The summed E-state index contributed by atoms with van der Waals surface area (Å²) in [6.45, 7) is 7.42. The molecule has 20 heavy (non-hydrogen) atoms. The van der Waals surface area contributed by atoms with Crippen LogP contribution in [-0.2, 0) is 6.54 Å². The molecule has 0 aliphatic carbocycles. The van der Waals surface area contributed by atoms with Gasteiger partial charge in [-0.2, -0.15) is 11.3 Å². The van der Waals surface area contributed by atoms with E-state index in [1.54, 1.807) is 22.7 Å². The molecule has 3 nitrogen and oxygen atoms in total. The Morgan fingerprint density at radius 2 is 2.25 bits per heavy atom. The smallest absolute Gasteiger partial charge is 0.0900 e. The lowest BCUT2D eigenvalue weighted by atomic mass is 9.92. The molecule has 3 heterocycles. The van der Waals surface area contributed by atoms with Crippen LogP contribution in [0.15, 0.2) is 16.8 Å². The van der Waals surface area contributed by atoms with E-state index in [0.717, 1.165) is 30.3 Å². The molecule has 0 saturated carbocycles. The van der Waals surface area contributed by atoms with Gasteiger partial charge in [-0.15, -0.1) is 11.3 Å². The van der Waals surface area contributed by atoms with Crippen LogP contribution in [0.5, 0.6) is 0 Å². The highest BCUT2D eigenvalue weighted by atomic mass is 32.1. The summed E-state index contributed by atoms with van der Waals surface area (Å²) >= 11 is 3.54. The molecule has 2 atom stereocenters. The Hall–Kier alpha value is -0.750. The molecular formula is C15H20N2OS2. The van der Waals surface area contributed by atoms with Gasteiger partial charge in [0.25, 0.3) is 0 Å². The first-order chi connectivity index (χ1) is 9.67. The van der Waals surface area contributed by atoms with Crippen LogP contribution in [0.4, 0.5) is 0 Å². The van der Waals surface area contributed by atoms with Crippen LogP contribution in [0.1, 0.15) is 27.1 Å². The van der Waals surface area contributed by atoms with Crippen molar-refractivity contribution in [2.75, 3.05) is 19.7 Å². The normalized spacial score (nSPS) is 23.6. The first kappa shape index (κ1) is 14.2. The van der Waals surface area contributed by atoms with Gasteiger partial charge in [-0.1, -0.05) is 0 Å². The maximum atomic E-state index is 9.64. The second-order valence-electron chi connectivity index (χ2n) is 5.54. The molecule has 1 aliphatic heterocycles. The van der Waals surface area contributed by atoms with E-state index in [2.05, 4.69) is 40.6 Å². The molecule has 3 rings (SSSR count). The molecule has 1 N–H and O–H groups in total. The molecule has 0 radical (unpaired) electrons. The predicted molar refractivity (Wildman–Crippen MR) is 84.5 cm³/mol.